The highest BCUT2D eigenvalue weighted by Crippen LogP contribution is 2.38. The molecule has 0 radical (unpaired) electrons. The Kier molecular flexibility index (Phi) is 6.87. The van der Waals surface area contributed by atoms with Crippen LogP contribution < -0.4 is 15.8 Å². The van der Waals surface area contributed by atoms with Gasteiger partial charge in [0.2, 0.25) is 0 Å². The van der Waals surface area contributed by atoms with E-state index in [0.717, 1.165) is 47.3 Å². The second-order valence-electron chi connectivity index (χ2n) is 7.55. The Bertz CT molecular complexity index is 1020. The molecule has 0 fully saturated rings. The maximum absolute atomic E-state index is 12.0. The molecule has 6 nitrogen and oxygen atoms in total. The predicted octanol–water partition coefficient (Wildman–Crippen LogP) is 6.05. The Labute approximate surface area is 178 Å². The van der Waals surface area contributed by atoms with Crippen LogP contribution in [0.2, 0.25) is 0 Å². The van der Waals surface area contributed by atoms with Crippen LogP contribution in [0.3, 0.4) is 0 Å². The monoisotopic (exact) mass is 409 g/mol. The standard InChI is InChI=1S/C24H31N3O3/c1-5-7-13-29-24(28)26-18-10-8-9-17(14-18)23-22(25)20-12-11-19(30-16(3)4)15-21(20)27(23)6-2/h8-12,14-16H,5-7,13,25H2,1-4H3,(H,26,28). The van der Waals surface area contributed by atoms with Gasteiger partial charge in [0.05, 0.1) is 29.6 Å². The Morgan fingerprint density at radius 1 is 1.17 bits per heavy atom. The van der Waals surface area contributed by atoms with Gasteiger partial charge in [0.15, 0.2) is 0 Å². The molecule has 1 heterocycles. The summed E-state index contributed by atoms with van der Waals surface area (Å²) in [5.41, 5.74) is 10.8. The average molecular weight is 410 g/mol. The topological polar surface area (TPSA) is 78.5 Å². The molecule has 160 valence electrons. The summed E-state index contributed by atoms with van der Waals surface area (Å²) >= 11 is 0. The number of aromatic nitrogens is 1. The van der Waals surface area contributed by atoms with Gasteiger partial charge in [-0.1, -0.05) is 25.5 Å². The van der Waals surface area contributed by atoms with Crippen molar-refractivity contribution in [3.05, 3.63) is 42.5 Å². The molecule has 2 aromatic carbocycles. The van der Waals surface area contributed by atoms with Crippen molar-refractivity contribution in [3.63, 3.8) is 0 Å². The van der Waals surface area contributed by atoms with Crippen LogP contribution in [0, 0.1) is 0 Å². The number of hydrogen-bond acceptors (Lipinski definition) is 4. The highest BCUT2D eigenvalue weighted by atomic mass is 16.5. The molecule has 1 aromatic heterocycles. The van der Waals surface area contributed by atoms with Gasteiger partial charge in [0.1, 0.15) is 5.75 Å². The molecular formula is C24H31N3O3. The molecule has 3 aromatic rings. The minimum atomic E-state index is -0.444. The number of rotatable bonds is 8. The first-order valence-corrected chi connectivity index (χ1v) is 10.6. The predicted molar refractivity (Wildman–Crippen MR) is 123 cm³/mol. The van der Waals surface area contributed by atoms with Crippen molar-refractivity contribution in [2.75, 3.05) is 17.7 Å². The summed E-state index contributed by atoms with van der Waals surface area (Å²) in [5, 5.41) is 3.79. The summed E-state index contributed by atoms with van der Waals surface area (Å²) in [6, 6.07) is 13.7. The molecule has 0 saturated carbocycles. The summed E-state index contributed by atoms with van der Waals surface area (Å²) in [6.07, 6.45) is 1.49. The van der Waals surface area contributed by atoms with Crippen molar-refractivity contribution in [3.8, 4) is 17.0 Å². The largest absolute Gasteiger partial charge is 0.491 e. The maximum atomic E-state index is 12.0. The van der Waals surface area contributed by atoms with E-state index in [2.05, 4.69) is 23.7 Å². The zero-order valence-corrected chi connectivity index (χ0v) is 18.2. The summed E-state index contributed by atoms with van der Waals surface area (Å²) in [6.45, 7) is 9.33. The van der Waals surface area contributed by atoms with Crippen molar-refractivity contribution >= 4 is 28.4 Å². The van der Waals surface area contributed by atoms with Crippen LogP contribution in [0.25, 0.3) is 22.2 Å². The minimum absolute atomic E-state index is 0.101. The normalized spacial score (nSPS) is 11.1. The van der Waals surface area contributed by atoms with Gasteiger partial charge in [-0.2, -0.15) is 0 Å². The number of carbonyl (C=O) groups excluding carboxylic acids is 1. The van der Waals surface area contributed by atoms with Gasteiger partial charge in [-0.05, 0) is 51.5 Å². The second kappa shape index (κ2) is 9.57. The number of benzene rings is 2. The number of unbranched alkanes of at least 4 members (excludes halogenated alkanes) is 1. The molecule has 0 aliphatic carbocycles. The van der Waals surface area contributed by atoms with E-state index in [-0.39, 0.29) is 6.10 Å². The molecule has 0 spiro atoms. The van der Waals surface area contributed by atoms with E-state index in [4.69, 9.17) is 15.2 Å². The lowest BCUT2D eigenvalue weighted by Gasteiger charge is -2.12. The van der Waals surface area contributed by atoms with Crippen molar-refractivity contribution < 1.29 is 14.3 Å². The molecule has 3 N–H and O–H groups in total. The third-order valence-corrected chi connectivity index (χ3v) is 4.88. The molecule has 0 aliphatic heterocycles. The van der Waals surface area contributed by atoms with Crippen LogP contribution in [0.4, 0.5) is 16.2 Å². The maximum Gasteiger partial charge on any atom is 0.411 e. The highest BCUT2D eigenvalue weighted by molar-refractivity contribution is 6.02. The molecule has 6 heteroatoms. The molecule has 3 rings (SSSR count). The second-order valence-corrected chi connectivity index (χ2v) is 7.55. The van der Waals surface area contributed by atoms with Crippen LogP contribution in [0.15, 0.2) is 42.5 Å². The Morgan fingerprint density at radius 3 is 2.67 bits per heavy atom. The SMILES string of the molecule is CCCCOC(=O)Nc1cccc(-c2c(N)c3ccc(OC(C)C)cc3n2CC)c1. The quantitative estimate of drug-likeness (QED) is 0.444. The van der Waals surface area contributed by atoms with Gasteiger partial charge in [0.25, 0.3) is 0 Å². The fourth-order valence-electron chi connectivity index (χ4n) is 3.55. The molecule has 0 unspecified atom stereocenters. The van der Waals surface area contributed by atoms with Crippen molar-refractivity contribution in [1.29, 1.82) is 0 Å². The zero-order chi connectivity index (χ0) is 21.7. The molecule has 0 atom stereocenters. The minimum Gasteiger partial charge on any atom is -0.491 e. The lowest BCUT2D eigenvalue weighted by molar-refractivity contribution is 0.160. The van der Waals surface area contributed by atoms with Crippen molar-refractivity contribution in [2.24, 2.45) is 0 Å². The van der Waals surface area contributed by atoms with Crippen molar-refractivity contribution in [1.82, 2.24) is 4.57 Å². The van der Waals surface area contributed by atoms with Crippen LogP contribution in [-0.2, 0) is 11.3 Å². The van der Waals surface area contributed by atoms with E-state index < -0.39 is 6.09 Å². The van der Waals surface area contributed by atoms with Gasteiger partial charge < -0.3 is 19.8 Å². The number of carbonyl (C=O) groups is 1. The molecule has 1 amide bonds. The van der Waals surface area contributed by atoms with Gasteiger partial charge in [-0.15, -0.1) is 0 Å². The van der Waals surface area contributed by atoms with E-state index in [1.54, 1.807) is 0 Å². The van der Waals surface area contributed by atoms with Crippen LogP contribution in [0.5, 0.6) is 5.75 Å². The number of fused-ring (bicyclic) bond motifs is 1. The Morgan fingerprint density at radius 2 is 1.97 bits per heavy atom. The van der Waals surface area contributed by atoms with E-state index in [0.29, 0.717) is 18.0 Å². The number of nitrogens with zero attached hydrogens (tertiary/aromatic N) is 1. The molecule has 30 heavy (non-hydrogen) atoms. The lowest BCUT2D eigenvalue weighted by Crippen LogP contribution is -2.14. The fraction of sp³-hybridized carbons (Fsp3) is 0.375. The van der Waals surface area contributed by atoms with Gasteiger partial charge in [-0.3, -0.25) is 5.32 Å². The number of hydrogen-bond donors (Lipinski definition) is 2. The van der Waals surface area contributed by atoms with Gasteiger partial charge in [0, 0.05) is 29.2 Å². The molecule has 0 bridgehead atoms. The Balaban J connectivity index is 1.96. The van der Waals surface area contributed by atoms with Gasteiger partial charge in [-0.25, -0.2) is 4.79 Å². The number of nitrogens with two attached hydrogens (primary N) is 1. The van der Waals surface area contributed by atoms with E-state index >= 15 is 0 Å². The highest BCUT2D eigenvalue weighted by Gasteiger charge is 2.17. The first kappa shape index (κ1) is 21.6. The smallest absolute Gasteiger partial charge is 0.411 e. The molecule has 0 aliphatic rings. The number of nitrogens with one attached hydrogen (secondary N) is 1. The van der Waals surface area contributed by atoms with Gasteiger partial charge >= 0.3 is 6.09 Å². The summed E-state index contributed by atoms with van der Waals surface area (Å²) in [4.78, 5) is 12.0. The van der Waals surface area contributed by atoms with Crippen LogP contribution >= 0.6 is 0 Å². The average Bonchev–Trinajstić information content (AvgIpc) is 2.99. The number of amides is 1. The van der Waals surface area contributed by atoms with Crippen LogP contribution in [0.1, 0.15) is 40.5 Å². The molecule has 0 saturated heterocycles. The number of ether oxygens (including phenoxy) is 2. The summed E-state index contributed by atoms with van der Waals surface area (Å²) < 4.78 is 13.2. The number of aryl methyl sites for hydroxylation is 1. The molecular weight excluding hydrogens is 378 g/mol. The number of nitrogen functional groups attached to an aromatic ring is 1. The van der Waals surface area contributed by atoms with E-state index in [9.17, 15) is 4.79 Å². The third kappa shape index (κ3) is 4.70. The van der Waals surface area contributed by atoms with Crippen molar-refractivity contribution in [2.45, 2.75) is 53.2 Å². The first-order valence-electron chi connectivity index (χ1n) is 10.6. The summed E-state index contributed by atoms with van der Waals surface area (Å²) in [7, 11) is 0. The zero-order valence-electron chi connectivity index (χ0n) is 18.2. The number of anilines is 2. The summed E-state index contributed by atoms with van der Waals surface area (Å²) in [5.74, 6) is 0.821. The Hall–Kier alpha value is -3.15. The lowest BCUT2D eigenvalue weighted by atomic mass is 10.1. The fourth-order valence-corrected chi connectivity index (χ4v) is 3.55. The van der Waals surface area contributed by atoms with Crippen LogP contribution in [-0.4, -0.2) is 23.4 Å². The third-order valence-electron chi connectivity index (χ3n) is 4.88. The van der Waals surface area contributed by atoms with E-state index in [1.165, 1.54) is 0 Å². The first-order chi connectivity index (χ1) is 14.4. The van der Waals surface area contributed by atoms with E-state index in [1.807, 2.05) is 56.3 Å².